The third kappa shape index (κ3) is 2.56. The van der Waals surface area contributed by atoms with E-state index in [4.69, 9.17) is 10.5 Å². The van der Waals surface area contributed by atoms with Gasteiger partial charge >= 0.3 is 0 Å². The van der Waals surface area contributed by atoms with Gasteiger partial charge in [0.05, 0.1) is 24.2 Å². The van der Waals surface area contributed by atoms with Crippen molar-refractivity contribution in [1.29, 1.82) is 0 Å². The Balaban J connectivity index is 2.81. The van der Waals surface area contributed by atoms with E-state index < -0.39 is 0 Å². The van der Waals surface area contributed by atoms with Crippen LogP contribution in [0, 0.1) is 0 Å². The van der Waals surface area contributed by atoms with E-state index in [1.165, 1.54) is 0 Å². The van der Waals surface area contributed by atoms with Crippen molar-refractivity contribution in [3.63, 3.8) is 0 Å². The van der Waals surface area contributed by atoms with Gasteiger partial charge in [-0.25, -0.2) is 4.98 Å². The lowest BCUT2D eigenvalue weighted by Crippen LogP contribution is -2.30. The number of ether oxygens (including phenoxy) is 1. The first-order valence-electron chi connectivity index (χ1n) is 4.77. The highest BCUT2D eigenvalue weighted by Crippen LogP contribution is 2.15. The summed E-state index contributed by atoms with van der Waals surface area (Å²) in [5.74, 6) is 0. The SMILES string of the molecule is COC(C)(C)Cn1cncc1[C@@H](C)N. The van der Waals surface area contributed by atoms with Gasteiger partial charge in [0.2, 0.25) is 0 Å². The van der Waals surface area contributed by atoms with Crippen molar-refractivity contribution in [2.45, 2.75) is 39.0 Å². The Kier molecular flexibility index (Phi) is 3.29. The van der Waals surface area contributed by atoms with Crippen LogP contribution in [0.5, 0.6) is 0 Å². The van der Waals surface area contributed by atoms with E-state index in [-0.39, 0.29) is 11.6 Å². The third-order valence-corrected chi connectivity index (χ3v) is 2.31. The van der Waals surface area contributed by atoms with E-state index >= 15 is 0 Å². The molecule has 0 saturated carbocycles. The van der Waals surface area contributed by atoms with Gasteiger partial charge in [-0.05, 0) is 20.8 Å². The molecular weight excluding hydrogens is 178 g/mol. The smallest absolute Gasteiger partial charge is 0.0949 e. The molecule has 1 rings (SSSR count). The van der Waals surface area contributed by atoms with Gasteiger partial charge in [0.25, 0.3) is 0 Å². The summed E-state index contributed by atoms with van der Waals surface area (Å²) in [5, 5.41) is 0. The van der Waals surface area contributed by atoms with Gasteiger partial charge in [0, 0.05) is 19.3 Å². The van der Waals surface area contributed by atoms with Crippen molar-refractivity contribution in [1.82, 2.24) is 9.55 Å². The Hall–Kier alpha value is -0.870. The van der Waals surface area contributed by atoms with Crippen LogP contribution in [0.25, 0.3) is 0 Å². The summed E-state index contributed by atoms with van der Waals surface area (Å²) in [5.41, 5.74) is 6.66. The maximum atomic E-state index is 5.82. The first-order valence-corrected chi connectivity index (χ1v) is 4.77. The Bertz CT molecular complexity index is 291. The van der Waals surface area contributed by atoms with Gasteiger partial charge < -0.3 is 15.0 Å². The van der Waals surface area contributed by atoms with E-state index in [9.17, 15) is 0 Å². The molecule has 1 atom stereocenters. The number of hydrogen-bond donors (Lipinski definition) is 1. The molecule has 0 fully saturated rings. The van der Waals surface area contributed by atoms with Crippen LogP contribution in [0.4, 0.5) is 0 Å². The average molecular weight is 197 g/mol. The topological polar surface area (TPSA) is 53.1 Å². The monoisotopic (exact) mass is 197 g/mol. The Morgan fingerprint density at radius 2 is 2.29 bits per heavy atom. The van der Waals surface area contributed by atoms with Gasteiger partial charge in [-0.1, -0.05) is 0 Å². The quantitative estimate of drug-likeness (QED) is 0.792. The van der Waals surface area contributed by atoms with Crippen LogP contribution in [-0.2, 0) is 11.3 Å². The van der Waals surface area contributed by atoms with Gasteiger partial charge in [-0.3, -0.25) is 0 Å². The second kappa shape index (κ2) is 4.11. The molecule has 0 unspecified atom stereocenters. The van der Waals surface area contributed by atoms with Crippen LogP contribution in [0.15, 0.2) is 12.5 Å². The molecule has 0 amide bonds. The minimum atomic E-state index is -0.190. The highest BCUT2D eigenvalue weighted by molar-refractivity contribution is 5.03. The molecule has 0 aliphatic heterocycles. The van der Waals surface area contributed by atoms with Crippen molar-refractivity contribution >= 4 is 0 Å². The lowest BCUT2D eigenvalue weighted by atomic mass is 10.1. The molecule has 0 aromatic carbocycles. The molecule has 4 heteroatoms. The van der Waals surface area contributed by atoms with Crippen molar-refractivity contribution in [2.75, 3.05) is 7.11 Å². The molecule has 1 aromatic heterocycles. The van der Waals surface area contributed by atoms with E-state index in [1.807, 2.05) is 25.3 Å². The number of hydrogen-bond acceptors (Lipinski definition) is 3. The minimum absolute atomic E-state index is 0.00477. The molecule has 0 radical (unpaired) electrons. The molecule has 1 aromatic rings. The highest BCUT2D eigenvalue weighted by Gasteiger charge is 2.19. The zero-order valence-corrected chi connectivity index (χ0v) is 9.32. The molecule has 80 valence electrons. The minimum Gasteiger partial charge on any atom is -0.377 e. The van der Waals surface area contributed by atoms with E-state index in [0.29, 0.717) is 0 Å². The number of rotatable bonds is 4. The Morgan fingerprint density at radius 3 is 2.79 bits per heavy atom. The summed E-state index contributed by atoms with van der Waals surface area (Å²) in [4.78, 5) is 4.09. The lowest BCUT2D eigenvalue weighted by molar-refractivity contribution is 0.00743. The Labute approximate surface area is 85.1 Å². The van der Waals surface area contributed by atoms with Crippen molar-refractivity contribution in [3.05, 3.63) is 18.2 Å². The number of methoxy groups -OCH3 is 1. The van der Waals surface area contributed by atoms with Crippen molar-refractivity contribution in [2.24, 2.45) is 5.73 Å². The van der Waals surface area contributed by atoms with Crippen LogP contribution in [0.1, 0.15) is 32.5 Å². The molecule has 0 spiro atoms. The molecule has 0 saturated heterocycles. The zero-order chi connectivity index (χ0) is 10.8. The average Bonchev–Trinajstić information content (AvgIpc) is 2.51. The number of nitrogens with zero attached hydrogens (tertiary/aromatic N) is 2. The fourth-order valence-corrected chi connectivity index (χ4v) is 1.32. The number of nitrogens with two attached hydrogens (primary N) is 1. The molecule has 14 heavy (non-hydrogen) atoms. The van der Waals surface area contributed by atoms with Gasteiger partial charge in [0.1, 0.15) is 0 Å². The van der Waals surface area contributed by atoms with E-state index in [0.717, 1.165) is 12.2 Å². The van der Waals surface area contributed by atoms with Crippen LogP contribution in [-0.4, -0.2) is 22.3 Å². The summed E-state index contributed by atoms with van der Waals surface area (Å²) >= 11 is 0. The molecule has 2 N–H and O–H groups in total. The second-order valence-corrected chi connectivity index (χ2v) is 4.20. The number of imidazole rings is 1. The fourth-order valence-electron chi connectivity index (χ4n) is 1.32. The Morgan fingerprint density at radius 1 is 1.64 bits per heavy atom. The van der Waals surface area contributed by atoms with Crippen LogP contribution < -0.4 is 5.73 Å². The van der Waals surface area contributed by atoms with Gasteiger partial charge in [-0.15, -0.1) is 0 Å². The largest absolute Gasteiger partial charge is 0.377 e. The van der Waals surface area contributed by atoms with Crippen LogP contribution in [0.3, 0.4) is 0 Å². The lowest BCUT2D eigenvalue weighted by Gasteiger charge is -2.24. The normalized spacial score (nSPS) is 14.4. The van der Waals surface area contributed by atoms with Crippen LogP contribution >= 0.6 is 0 Å². The summed E-state index contributed by atoms with van der Waals surface area (Å²) < 4.78 is 7.39. The fraction of sp³-hybridized carbons (Fsp3) is 0.700. The first-order chi connectivity index (χ1) is 6.46. The van der Waals surface area contributed by atoms with Crippen molar-refractivity contribution < 1.29 is 4.74 Å². The molecule has 0 aliphatic rings. The summed E-state index contributed by atoms with van der Waals surface area (Å²) in [6.07, 6.45) is 3.59. The van der Waals surface area contributed by atoms with E-state index in [2.05, 4.69) is 4.98 Å². The second-order valence-electron chi connectivity index (χ2n) is 4.20. The standard InChI is InChI=1S/C10H19N3O/c1-8(11)9-5-12-7-13(9)6-10(2,3)14-4/h5,7-8H,6,11H2,1-4H3/t8-/m1/s1. The highest BCUT2D eigenvalue weighted by atomic mass is 16.5. The summed E-state index contributed by atoms with van der Waals surface area (Å²) in [7, 11) is 1.71. The van der Waals surface area contributed by atoms with Gasteiger partial charge in [-0.2, -0.15) is 0 Å². The summed E-state index contributed by atoms with van der Waals surface area (Å²) in [6, 6.07) is 0.00477. The third-order valence-electron chi connectivity index (χ3n) is 2.31. The maximum absolute atomic E-state index is 5.82. The predicted octanol–water partition coefficient (Wildman–Crippen LogP) is 1.33. The predicted molar refractivity (Wildman–Crippen MR) is 55.9 cm³/mol. The molecule has 0 aliphatic carbocycles. The summed E-state index contributed by atoms with van der Waals surface area (Å²) in [6.45, 7) is 6.80. The maximum Gasteiger partial charge on any atom is 0.0949 e. The molecule has 4 nitrogen and oxygen atoms in total. The number of aromatic nitrogens is 2. The van der Waals surface area contributed by atoms with Gasteiger partial charge in [0.15, 0.2) is 0 Å². The molecule has 0 bridgehead atoms. The first kappa shape index (κ1) is 11.2. The van der Waals surface area contributed by atoms with Crippen LogP contribution in [0.2, 0.25) is 0 Å². The van der Waals surface area contributed by atoms with E-state index in [1.54, 1.807) is 19.6 Å². The van der Waals surface area contributed by atoms with Crippen molar-refractivity contribution in [3.8, 4) is 0 Å². The molecular formula is C10H19N3O. The molecule has 1 heterocycles. The zero-order valence-electron chi connectivity index (χ0n) is 9.32.